The second-order valence-corrected chi connectivity index (χ2v) is 7.60. The third-order valence-corrected chi connectivity index (χ3v) is 5.80. The van der Waals surface area contributed by atoms with Crippen molar-refractivity contribution in [3.63, 3.8) is 0 Å². The molecule has 2 aromatic heterocycles. The molecule has 1 aliphatic rings. The number of nitrogens with zero attached hydrogens (tertiary/aromatic N) is 2. The number of nitrogens with one attached hydrogen (secondary N) is 1. The van der Waals surface area contributed by atoms with Gasteiger partial charge >= 0.3 is 5.97 Å². The Hall–Kier alpha value is -2.22. The summed E-state index contributed by atoms with van der Waals surface area (Å²) in [5.41, 5.74) is 1.32. The number of piperazine rings is 1. The maximum absolute atomic E-state index is 13.4. The minimum Gasteiger partial charge on any atom is -0.480 e. The summed E-state index contributed by atoms with van der Waals surface area (Å²) in [5, 5.41) is 12.7. The second-order valence-electron chi connectivity index (χ2n) is 6.57. The quantitative estimate of drug-likeness (QED) is 0.720. The molecule has 3 aromatic rings. The number of fused-ring (bicyclic) bond motifs is 1. The van der Waals surface area contributed by atoms with E-state index in [1.807, 2.05) is 4.90 Å². The molecule has 0 bridgehead atoms. The van der Waals surface area contributed by atoms with Crippen LogP contribution in [-0.2, 0) is 11.3 Å². The van der Waals surface area contributed by atoms with Gasteiger partial charge in [0.15, 0.2) is 0 Å². The zero-order chi connectivity index (χ0) is 18.1. The minimum atomic E-state index is -0.873. The van der Waals surface area contributed by atoms with Crippen molar-refractivity contribution in [2.45, 2.75) is 12.6 Å². The minimum absolute atomic E-state index is 0.333. The van der Waals surface area contributed by atoms with Crippen molar-refractivity contribution in [2.24, 2.45) is 0 Å². The van der Waals surface area contributed by atoms with Crippen molar-refractivity contribution in [2.75, 3.05) is 26.2 Å². The average Bonchev–Trinajstić information content (AvgIpc) is 3.26. The zero-order valence-electron chi connectivity index (χ0n) is 14.2. The van der Waals surface area contributed by atoms with E-state index in [2.05, 4.69) is 27.4 Å². The third-order valence-electron chi connectivity index (χ3n) is 4.94. The number of H-pyrrole nitrogens is 1. The van der Waals surface area contributed by atoms with Crippen molar-refractivity contribution in [1.29, 1.82) is 0 Å². The van der Waals surface area contributed by atoms with E-state index in [-0.39, 0.29) is 5.82 Å². The molecule has 7 heteroatoms. The molecule has 5 nitrogen and oxygen atoms in total. The number of hydrogen-bond donors (Lipinski definition) is 2. The molecule has 1 unspecified atom stereocenters. The lowest BCUT2D eigenvalue weighted by molar-refractivity contribution is -0.144. The molecule has 0 radical (unpaired) electrons. The first kappa shape index (κ1) is 17.2. The third kappa shape index (κ3) is 3.38. The molecule has 3 heterocycles. The average molecular weight is 373 g/mol. The van der Waals surface area contributed by atoms with Crippen LogP contribution in [0.1, 0.15) is 16.5 Å². The van der Waals surface area contributed by atoms with Gasteiger partial charge in [-0.1, -0.05) is 6.07 Å². The van der Waals surface area contributed by atoms with E-state index in [1.54, 1.807) is 23.6 Å². The molecule has 0 saturated carbocycles. The Morgan fingerprint density at radius 1 is 1.27 bits per heavy atom. The summed E-state index contributed by atoms with van der Waals surface area (Å²) in [6.45, 7) is 3.96. The Kier molecular flexibility index (Phi) is 4.76. The molecular formula is C19H20FN3O2S. The lowest BCUT2D eigenvalue weighted by Crippen LogP contribution is -2.48. The van der Waals surface area contributed by atoms with Crippen LogP contribution in [0.15, 0.2) is 41.9 Å². The molecule has 0 amide bonds. The van der Waals surface area contributed by atoms with Gasteiger partial charge in [0.2, 0.25) is 0 Å². The maximum Gasteiger partial charge on any atom is 0.325 e. The number of carboxylic acid groups (broad SMARTS) is 1. The number of aromatic nitrogens is 1. The van der Waals surface area contributed by atoms with Gasteiger partial charge in [-0.25, -0.2) is 4.39 Å². The lowest BCUT2D eigenvalue weighted by atomic mass is 10.0. The van der Waals surface area contributed by atoms with Gasteiger partial charge in [-0.05, 0) is 29.6 Å². The van der Waals surface area contributed by atoms with E-state index < -0.39 is 12.0 Å². The van der Waals surface area contributed by atoms with Crippen LogP contribution in [0.5, 0.6) is 0 Å². The molecule has 1 aliphatic heterocycles. The SMILES string of the molecule is O=C(O)C(c1c[nH]c2cc(F)ccc12)N1CCN(Cc2cccs2)CC1. The van der Waals surface area contributed by atoms with Gasteiger partial charge in [0.25, 0.3) is 0 Å². The Bertz CT molecular complexity index is 901. The van der Waals surface area contributed by atoms with Crippen LogP contribution >= 0.6 is 11.3 Å². The summed E-state index contributed by atoms with van der Waals surface area (Å²) in [6, 6.07) is 7.88. The van der Waals surface area contributed by atoms with Crippen LogP contribution in [0.3, 0.4) is 0 Å². The Labute approximate surface area is 154 Å². The van der Waals surface area contributed by atoms with Crippen LogP contribution < -0.4 is 0 Å². The van der Waals surface area contributed by atoms with E-state index in [1.165, 1.54) is 17.0 Å². The lowest BCUT2D eigenvalue weighted by Gasteiger charge is -2.37. The Balaban J connectivity index is 1.51. The zero-order valence-corrected chi connectivity index (χ0v) is 15.0. The number of thiophene rings is 1. The topological polar surface area (TPSA) is 59.6 Å². The van der Waals surface area contributed by atoms with E-state index in [0.29, 0.717) is 24.2 Å². The molecule has 26 heavy (non-hydrogen) atoms. The summed E-state index contributed by atoms with van der Waals surface area (Å²) >= 11 is 1.74. The van der Waals surface area contributed by atoms with Crippen molar-refractivity contribution in [3.05, 3.63) is 58.2 Å². The van der Waals surface area contributed by atoms with Gasteiger partial charge < -0.3 is 10.1 Å². The number of carbonyl (C=O) groups is 1. The van der Waals surface area contributed by atoms with Gasteiger partial charge in [-0.15, -0.1) is 11.3 Å². The Morgan fingerprint density at radius 2 is 2.08 bits per heavy atom. The van der Waals surface area contributed by atoms with Crippen LogP contribution in [-0.4, -0.2) is 52.0 Å². The van der Waals surface area contributed by atoms with Crippen LogP contribution in [0.2, 0.25) is 0 Å². The number of rotatable bonds is 5. The van der Waals surface area contributed by atoms with E-state index >= 15 is 0 Å². The summed E-state index contributed by atoms with van der Waals surface area (Å²) in [7, 11) is 0. The van der Waals surface area contributed by atoms with Crippen molar-refractivity contribution in [3.8, 4) is 0 Å². The van der Waals surface area contributed by atoms with Crippen LogP contribution in [0.25, 0.3) is 10.9 Å². The molecule has 4 rings (SSSR count). The molecule has 1 fully saturated rings. The van der Waals surface area contributed by atoms with Crippen LogP contribution in [0.4, 0.5) is 4.39 Å². The summed E-state index contributed by atoms with van der Waals surface area (Å²) in [4.78, 5) is 20.7. The monoisotopic (exact) mass is 373 g/mol. The molecule has 1 aromatic carbocycles. The molecule has 2 N–H and O–H groups in total. The first-order valence-electron chi connectivity index (χ1n) is 8.60. The second kappa shape index (κ2) is 7.19. The summed E-state index contributed by atoms with van der Waals surface area (Å²) in [6.07, 6.45) is 1.70. The first-order chi connectivity index (χ1) is 12.6. The smallest absolute Gasteiger partial charge is 0.325 e. The van der Waals surface area contributed by atoms with E-state index in [4.69, 9.17) is 0 Å². The predicted molar refractivity (Wildman–Crippen MR) is 99.8 cm³/mol. The molecule has 0 spiro atoms. The molecule has 136 valence electrons. The van der Waals surface area contributed by atoms with E-state index in [9.17, 15) is 14.3 Å². The molecule has 0 aliphatic carbocycles. The molecule has 1 saturated heterocycles. The summed E-state index contributed by atoms with van der Waals surface area (Å²) in [5.74, 6) is -1.21. The molecule has 1 atom stereocenters. The Morgan fingerprint density at radius 3 is 2.77 bits per heavy atom. The number of aromatic amines is 1. The largest absolute Gasteiger partial charge is 0.480 e. The fraction of sp³-hybridized carbons (Fsp3) is 0.316. The van der Waals surface area contributed by atoms with Gasteiger partial charge in [-0.3, -0.25) is 14.6 Å². The number of aliphatic carboxylic acids is 1. The predicted octanol–water partition coefficient (Wildman–Crippen LogP) is 3.31. The summed E-state index contributed by atoms with van der Waals surface area (Å²) < 4.78 is 13.4. The maximum atomic E-state index is 13.4. The highest BCUT2D eigenvalue weighted by molar-refractivity contribution is 7.09. The number of hydrogen-bond acceptors (Lipinski definition) is 4. The standard InChI is InChI=1S/C19H20FN3O2S/c20-13-3-4-15-16(11-21-17(15)10-13)18(19(24)25)23-7-5-22(6-8-23)12-14-2-1-9-26-14/h1-4,9-11,18,21H,5-8,12H2,(H,24,25). The normalized spacial score (nSPS) is 17.6. The highest BCUT2D eigenvalue weighted by Gasteiger charge is 2.32. The van der Waals surface area contributed by atoms with Crippen LogP contribution in [0, 0.1) is 5.82 Å². The fourth-order valence-electron chi connectivity index (χ4n) is 3.64. The highest BCUT2D eigenvalue weighted by atomic mass is 32.1. The van der Waals surface area contributed by atoms with Gasteiger partial charge in [0, 0.05) is 60.3 Å². The molecular weight excluding hydrogens is 353 g/mol. The number of halogens is 1. The number of carboxylic acids is 1. The van der Waals surface area contributed by atoms with Crippen molar-refractivity contribution < 1.29 is 14.3 Å². The first-order valence-corrected chi connectivity index (χ1v) is 9.48. The van der Waals surface area contributed by atoms with Gasteiger partial charge in [-0.2, -0.15) is 0 Å². The fourth-order valence-corrected chi connectivity index (χ4v) is 4.38. The number of benzene rings is 1. The van der Waals surface area contributed by atoms with Gasteiger partial charge in [0.05, 0.1) is 0 Å². The van der Waals surface area contributed by atoms with E-state index in [0.717, 1.165) is 25.0 Å². The van der Waals surface area contributed by atoms with Gasteiger partial charge in [0.1, 0.15) is 11.9 Å². The highest BCUT2D eigenvalue weighted by Crippen LogP contribution is 2.30. The van der Waals surface area contributed by atoms with Crippen molar-refractivity contribution >= 4 is 28.2 Å². The van der Waals surface area contributed by atoms with Crippen molar-refractivity contribution in [1.82, 2.24) is 14.8 Å².